The van der Waals surface area contributed by atoms with E-state index in [1.165, 1.54) is 17.8 Å². The number of phenols is 2. The summed E-state index contributed by atoms with van der Waals surface area (Å²) >= 11 is 1.54. The normalized spacial score (nSPS) is 13.1. The van der Waals surface area contributed by atoms with E-state index in [2.05, 4.69) is 5.32 Å². The SMILES string of the molecule is O=C(Nc1ccc(CCc2ccc(O)c(O)c2)cc1)C1=C(O)c2ccccc2SC1. The van der Waals surface area contributed by atoms with Crippen molar-refractivity contribution in [2.45, 2.75) is 17.7 Å². The molecule has 0 saturated heterocycles. The molecule has 6 heteroatoms. The van der Waals surface area contributed by atoms with E-state index >= 15 is 0 Å². The molecule has 30 heavy (non-hydrogen) atoms. The van der Waals surface area contributed by atoms with Crippen molar-refractivity contribution in [1.82, 2.24) is 0 Å². The summed E-state index contributed by atoms with van der Waals surface area (Å²) in [5, 5.41) is 32.3. The third kappa shape index (κ3) is 4.28. The monoisotopic (exact) mass is 419 g/mol. The lowest BCUT2D eigenvalue weighted by Gasteiger charge is -2.18. The van der Waals surface area contributed by atoms with Crippen LogP contribution in [0.15, 0.2) is 77.2 Å². The Morgan fingerprint density at radius 3 is 2.33 bits per heavy atom. The van der Waals surface area contributed by atoms with E-state index in [1.54, 1.807) is 12.1 Å². The van der Waals surface area contributed by atoms with Gasteiger partial charge in [0.2, 0.25) is 0 Å². The van der Waals surface area contributed by atoms with Crippen LogP contribution >= 0.6 is 11.8 Å². The van der Waals surface area contributed by atoms with Gasteiger partial charge in [0, 0.05) is 21.9 Å². The van der Waals surface area contributed by atoms with Crippen LogP contribution in [-0.4, -0.2) is 27.0 Å². The average Bonchev–Trinajstić information content (AvgIpc) is 2.76. The highest BCUT2D eigenvalue weighted by Crippen LogP contribution is 2.36. The van der Waals surface area contributed by atoms with E-state index in [9.17, 15) is 20.1 Å². The van der Waals surface area contributed by atoms with E-state index < -0.39 is 0 Å². The van der Waals surface area contributed by atoms with Crippen LogP contribution in [0.3, 0.4) is 0 Å². The number of fused-ring (bicyclic) bond motifs is 1. The maximum Gasteiger partial charge on any atom is 0.256 e. The van der Waals surface area contributed by atoms with Gasteiger partial charge in [-0.05, 0) is 54.3 Å². The molecular formula is C24H21NO4S. The first kappa shape index (κ1) is 19.9. The van der Waals surface area contributed by atoms with Crippen molar-refractivity contribution in [3.8, 4) is 11.5 Å². The number of benzene rings is 3. The molecule has 152 valence electrons. The molecule has 0 spiro atoms. The number of carbonyl (C=O) groups is 1. The first-order valence-corrected chi connectivity index (χ1v) is 10.6. The summed E-state index contributed by atoms with van der Waals surface area (Å²) in [7, 11) is 0. The molecule has 3 aromatic carbocycles. The van der Waals surface area contributed by atoms with Gasteiger partial charge in [-0.25, -0.2) is 0 Å². The highest BCUT2D eigenvalue weighted by atomic mass is 32.2. The molecule has 0 aliphatic carbocycles. The number of thioether (sulfide) groups is 1. The zero-order chi connectivity index (χ0) is 21.1. The minimum absolute atomic E-state index is 0.0376. The fourth-order valence-electron chi connectivity index (χ4n) is 3.32. The smallest absolute Gasteiger partial charge is 0.256 e. The second-order valence-electron chi connectivity index (χ2n) is 7.09. The summed E-state index contributed by atoms with van der Waals surface area (Å²) in [6, 6.07) is 19.9. The molecule has 1 aliphatic heterocycles. The Morgan fingerprint density at radius 2 is 1.57 bits per heavy atom. The quantitative estimate of drug-likeness (QED) is 0.442. The van der Waals surface area contributed by atoms with Crippen molar-refractivity contribution in [2.75, 3.05) is 11.1 Å². The number of aliphatic hydroxyl groups is 1. The Kier molecular flexibility index (Phi) is 5.68. The highest BCUT2D eigenvalue weighted by Gasteiger charge is 2.23. The largest absolute Gasteiger partial charge is 0.507 e. The minimum Gasteiger partial charge on any atom is -0.507 e. The summed E-state index contributed by atoms with van der Waals surface area (Å²) in [5.74, 6) is -0.0874. The maximum absolute atomic E-state index is 12.7. The van der Waals surface area contributed by atoms with Crippen LogP contribution < -0.4 is 5.32 Å². The van der Waals surface area contributed by atoms with Gasteiger partial charge in [-0.3, -0.25) is 4.79 Å². The molecule has 0 atom stereocenters. The lowest BCUT2D eigenvalue weighted by molar-refractivity contribution is -0.112. The standard InChI is InChI=1S/C24H21NO4S/c26-20-12-9-16(13-21(20)27)6-5-15-7-10-17(11-8-15)25-24(29)19-14-30-22-4-2-1-3-18(22)23(19)28/h1-4,7-13,26-28H,5-6,14H2,(H,25,29). The molecule has 5 nitrogen and oxygen atoms in total. The number of carbonyl (C=O) groups excluding carboxylic acids is 1. The molecule has 0 radical (unpaired) electrons. The molecule has 3 aromatic rings. The van der Waals surface area contributed by atoms with Crippen LogP contribution in [0.1, 0.15) is 16.7 Å². The van der Waals surface area contributed by atoms with Gasteiger partial charge in [0.15, 0.2) is 11.5 Å². The van der Waals surface area contributed by atoms with Crippen LogP contribution in [0.25, 0.3) is 5.76 Å². The number of aryl methyl sites for hydroxylation is 2. The first-order valence-electron chi connectivity index (χ1n) is 9.57. The Labute approximate surface area is 178 Å². The first-order chi connectivity index (χ1) is 14.5. The third-order valence-electron chi connectivity index (χ3n) is 5.03. The van der Waals surface area contributed by atoms with Crippen LogP contribution in [-0.2, 0) is 17.6 Å². The van der Waals surface area contributed by atoms with Gasteiger partial charge in [0.05, 0.1) is 5.57 Å². The molecule has 1 amide bonds. The van der Waals surface area contributed by atoms with Crippen molar-refractivity contribution in [3.05, 3.63) is 89.0 Å². The molecule has 0 aromatic heterocycles. The third-order valence-corrected chi connectivity index (χ3v) is 6.13. The number of phenolic OH excluding ortho intramolecular Hbond substituents is 2. The average molecular weight is 420 g/mol. The van der Waals surface area contributed by atoms with Gasteiger partial charge in [0.25, 0.3) is 5.91 Å². The Hall–Kier alpha value is -3.38. The minimum atomic E-state index is -0.304. The molecule has 4 rings (SSSR count). The van der Waals surface area contributed by atoms with Crippen molar-refractivity contribution in [2.24, 2.45) is 0 Å². The van der Waals surface area contributed by atoms with Gasteiger partial charge < -0.3 is 20.6 Å². The number of hydrogen-bond acceptors (Lipinski definition) is 5. The van der Waals surface area contributed by atoms with Crippen LogP contribution in [0, 0.1) is 0 Å². The molecule has 0 fully saturated rings. The van der Waals surface area contributed by atoms with Crippen molar-refractivity contribution < 1.29 is 20.1 Å². The number of hydrogen-bond donors (Lipinski definition) is 4. The van der Waals surface area contributed by atoms with Crippen LogP contribution in [0.5, 0.6) is 11.5 Å². The predicted molar refractivity (Wildman–Crippen MR) is 119 cm³/mol. The number of rotatable bonds is 5. The van der Waals surface area contributed by atoms with Crippen molar-refractivity contribution in [3.63, 3.8) is 0 Å². The maximum atomic E-state index is 12.7. The number of nitrogens with one attached hydrogen (secondary N) is 1. The molecule has 4 N–H and O–H groups in total. The predicted octanol–water partition coefficient (Wildman–Crippen LogP) is 4.90. The second-order valence-corrected chi connectivity index (χ2v) is 8.10. The van der Waals surface area contributed by atoms with Gasteiger partial charge in [-0.15, -0.1) is 11.8 Å². The van der Waals surface area contributed by atoms with E-state index in [-0.39, 0.29) is 23.2 Å². The molecular weight excluding hydrogens is 398 g/mol. The summed E-state index contributed by atoms with van der Waals surface area (Å²) in [5.41, 5.74) is 3.74. The fourth-order valence-corrected chi connectivity index (χ4v) is 4.38. The summed E-state index contributed by atoms with van der Waals surface area (Å²) < 4.78 is 0. The van der Waals surface area contributed by atoms with E-state index in [0.29, 0.717) is 22.6 Å². The zero-order valence-electron chi connectivity index (χ0n) is 16.1. The summed E-state index contributed by atoms with van der Waals surface area (Å²) in [6.07, 6.45) is 1.48. The van der Waals surface area contributed by atoms with E-state index in [1.807, 2.05) is 48.5 Å². The Bertz CT molecular complexity index is 1120. The van der Waals surface area contributed by atoms with Gasteiger partial charge in [-0.2, -0.15) is 0 Å². The Balaban J connectivity index is 1.40. The van der Waals surface area contributed by atoms with E-state index in [4.69, 9.17) is 0 Å². The second kappa shape index (κ2) is 8.55. The van der Waals surface area contributed by atoms with E-state index in [0.717, 1.165) is 28.9 Å². The number of anilines is 1. The Morgan fingerprint density at radius 1 is 0.867 bits per heavy atom. The summed E-state index contributed by atoms with van der Waals surface area (Å²) in [6.45, 7) is 0. The lowest BCUT2D eigenvalue weighted by atomic mass is 10.0. The van der Waals surface area contributed by atoms with Gasteiger partial charge >= 0.3 is 0 Å². The molecule has 0 unspecified atom stereocenters. The molecule has 1 aliphatic rings. The fraction of sp³-hybridized carbons (Fsp3) is 0.125. The number of aliphatic hydroxyl groups excluding tert-OH is 1. The zero-order valence-corrected chi connectivity index (χ0v) is 16.9. The topological polar surface area (TPSA) is 89.8 Å². The number of aromatic hydroxyl groups is 2. The molecule has 0 saturated carbocycles. The molecule has 1 heterocycles. The number of amides is 1. The molecule has 0 bridgehead atoms. The van der Waals surface area contributed by atoms with Crippen molar-refractivity contribution in [1.29, 1.82) is 0 Å². The lowest BCUT2D eigenvalue weighted by Crippen LogP contribution is -2.19. The van der Waals surface area contributed by atoms with Gasteiger partial charge in [-0.1, -0.05) is 36.4 Å². The summed E-state index contributed by atoms with van der Waals surface area (Å²) in [4.78, 5) is 13.6. The van der Waals surface area contributed by atoms with Crippen LogP contribution in [0.4, 0.5) is 5.69 Å². The van der Waals surface area contributed by atoms with Gasteiger partial charge in [0.1, 0.15) is 5.76 Å². The van der Waals surface area contributed by atoms with Crippen LogP contribution in [0.2, 0.25) is 0 Å². The van der Waals surface area contributed by atoms with Crippen molar-refractivity contribution >= 4 is 29.1 Å². The highest BCUT2D eigenvalue weighted by molar-refractivity contribution is 7.99.